The lowest BCUT2D eigenvalue weighted by atomic mass is 10.0. The first kappa shape index (κ1) is 24.2. The molecule has 1 heterocycles. The second-order valence-corrected chi connectivity index (χ2v) is 9.41. The Morgan fingerprint density at radius 3 is 2.53 bits per heavy atom. The van der Waals surface area contributed by atoms with Gasteiger partial charge in [-0.25, -0.2) is 4.79 Å². The highest BCUT2D eigenvalue weighted by Gasteiger charge is 2.18. The molecule has 0 saturated heterocycles. The third-order valence-corrected chi connectivity index (χ3v) is 6.65. The maximum Gasteiger partial charge on any atom is 0.344 e. The molecule has 4 rings (SSSR count). The first-order chi connectivity index (χ1) is 16.5. The molecule has 0 saturated carbocycles. The van der Waals surface area contributed by atoms with Gasteiger partial charge >= 0.3 is 5.97 Å². The molecule has 0 amide bonds. The van der Waals surface area contributed by atoms with Gasteiger partial charge in [0.15, 0.2) is 0 Å². The highest BCUT2D eigenvalue weighted by Crippen LogP contribution is 2.30. The molecule has 174 valence electrons. The van der Waals surface area contributed by atoms with Crippen molar-refractivity contribution in [3.8, 4) is 16.9 Å². The minimum absolute atomic E-state index is 0.137. The maximum absolute atomic E-state index is 13.3. The molecule has 0 aliphatic heterocycles. The standard InChI is InChI=1S/C28H24BrClO4/c1-2-3-4-5-8-19-15-22-26(16-25(19)34-28(32)21-9-6-7-10-24(21)29)33-17-23(27(22)31)18-11-13-20(30)14-12-18/h6-7,9-17H,2-5,8H2,1H3. The van der Waals surface area contributed by atoms with E-state index in [1.165, 1.54) is 6.26 Å². The van der Waals surface area contributed by atoms with Gasteiger partial charge in [-0.15, -0.1) is 0 Å². The number of rotatable bonds is 8. The van der Waals surface area contributed by atoms with Crippen LogP contribution in [0.15, 0.2) is 80.6 Å². The van der Waals surface area contributed by atoms with Crippen LogP contribution in [0.1, 0.15) is 48.5 Å². The van der Waals surface area contributed by atoms with E-state index in [-0.39, 0.29) is 5.43 Å². The van der Waals surface area contributed by atoms with Gasteiger partial charge in [0.05, 0.1) is 16.5 Å². The van der Waals surface area contributed by atoms with E-state index in [9.17, 15) is 9.59 Å². The van der Waals surface area contributed by atoms with Crippen molar-refractivity contribution in [3.63, 3.8) is 0 Å². The Labute approximate surface area is 211 Å². The fraction of sp³-hybridized carbons (Fsp3) is 0.214. The van der Waals surface area contributed by atoms with E-state index in [1.54, 1.807) is 54.6 Å². The molecule has 0 radical (unpaired) electrons. The Balaban J connectivity index is 1.75. The molecule has 1 aromatic heterocycles. The summed E-state index contributed by atoms with van der Waals surface area (Å²) in [7, 11) is 0. The molecule has 0 atom stereocenters. The van der Waals surface area contributed by atoms with Gasteiger partial charge in [0.2, 0.25) is 5.43 Å². The van der Waals surface area contributed by atoms with E-state index >= 15 is 0 Å². The summed E-state index contributed by atoms with van der Waals surface area (Å²) in [6.07, 6.45) is 6.37. The normalized spacial score (nSPS) is 11.0. The monoisotopic (exact) mass is 538 g/mol. The van der Waals surface area contributed by atoms with Crippen molar-refractivity contribution in [2.45, 2.75) is 39.0 Å². The van der Waals surface area contributed by atoms with Crippen LogP contribution >= 0.6 is 27.5 Å². The molecule has 34 heavy (non-hydrogen) atoms. The molecular formula is C28H24BrClO4. The smallest absolute Gasteiger partial charge is 0.344 e. The van der Waals surface area contributed by atoms with Crippen LogP contribution in [0.5, 0.6) is 5.75 Å². The predicted molar refractivity (Wildman–Crippen MR) is 140 cm³/mol. The number of hydrogen-bond acceptors (Lipinski definition) is 4. The van der Waals surface area contributed by atoms with Gasteiger partial charge in [-0.1, -0.05) is 62.1 Å². The SMILES string of the molecule is CCCCCCc1cc2c(=O)c(-c3ccc(Cl)cc3)coc2cc1OC(=O)c1ccccc1Br. The maximum atomic E-state index is 13.3. The van der Waals surface area contributed by atoms with Crippen molar-refractivity contribution < 1.29 is 13.9 Å². The van der Waals surface area contributed by atoms with Crippen LogP contribution in [0, 0.1) is 0 Å². The number of carbonyl (C=O) groups excluding carboxylic acids is 1. The van der Waals surface area contributed by atoms with E-state index in [1.807, 2.05) is 6.07 Å². The number of fused-ring (bicyclic) bond motifs is 1. The lowest BCUT2D eigenvalue weighted by Gasteiger charge is -2.13. The Kier molecular flexibility index (Phi) is 7.86. The van der Waals surface area contributed by atoms with Crippen LogP contribution in [0.2, 0.25) is 5.02 Å². The highest BCUT2D eigenvalue weighted by atomic mass is 79.9. The van der Waals surface area contributed by atoms with Gasteiger partial charge in [0, 0.05) is 15.6 Å². The largest absolute Gasteiger partial charge is 0.463 e. The van der Waals surface area contributed by atoms with Gasteiger partial charge in [-0.05, 0) is 70.2 Å². The zero-order valence-corrected chi connectivity index (χ0v) is 21.1. The molecule has 0 unspecified atom stereocenters. The lowest BCUT2D eigenvalue weighted by Crippen LogP contribution is -2.12. The number of halogens is 2. The van der Waals surface area contributed by atoms with Gasteiger partial charge in [0.1, 0.15) is 17.6 Å². The summed E-state index contributed by atoms with van der Waals surface area (Å²) in [5.41, 5.74) is 2.66. The van der Waals surface area contributed by atoms with Crippen molar-refractivity contribution in [1.82, 2.24) is 0 Å². The molecule has 0 aliphatic carbocycles. The Bertz CT molecular complexity index is 1380. The molecule has 3 aromatic carbocycles. The quantitative estimate of drug-likeness (QED) is 0.129. The fourth-order valence-corrected chi connectivity index (χ4v) is 4.42. The van der Waals surface area contributed by atoms with Gasteiger partial charge in [0.25, 0.3) is 0 Å². The summed E-state index contributed by atoms with van der Waals surface area (Å²) in [6.45, 7) is 2.16. The molecule has 0 aliphatic rings. The van der Waals surface area contributed by atoms with Crippen molar-refractivity contribution in [2.75, 3.05) is 0 Å². The van der Waals surface area contributed by atoms with Gasteiger partial charge in [-0.3, -0.25) is 4.79 Å². The summed E-state index contributed by atoms with van der Waals surface area (Å²) < 4.78 is 12.3. The van der Waals surface area contributed by atoms with E-state index in [0.717, 1.165) is 36.8 Å². The van der Waals surface area contributed by atoms with Gasteiger partial charge < -0.3 is 9.15 Å². The third-order valence-electron chi connectivity index (χ3n) is 5.71. The van der Waals surface area contributed by atoms with E-state index in [0.29, 0.717) is 43.8 Å². The van der Waals surface area contributed by atoms with E-state index < -0.39 is 5.97 Å². The minimum atomic E-state index is -0.471. The van der Waals surface area contributed by atoms with Crippen molar-refractivity contribution in [2.24, 2.45) is 0 Å². The molecule has 6 heteroatoms. The van der Waals surface area contributed by atoms with E-state index in [4.69, 9.17) is 20.8 Å². The van der Waals surface area contributed by atoms with Crippen LogP contribution in [-0.2, 0) is 6.42 Å². The number of benzene rings is 3. The second-order valence-electron chi connectivity index (χ2n) is 8.12. The number of aryl methyl sites for hydroxylation is 1. The van der Waals surface area contributed by atoms with Crippen LogP contribution in [0.25, 0.3) is 22.1 Å². The van der Waals surface area contributed by atoms with Crippen LogP contribution in [-0.4, -0.2) is 5.97 Å². The number of unbranched alkanes of at least 4 members (excludes halogenated alkanes) is 3. The summed E-state index contributed by atoms with van der Waals surface area (Å²) in [5.74, 6) is -0.0612. The first-order valence-corrected chi connectivity index (χ1v) is 12.5. The fourth-order valence-electron chi connectivity index (χ4n) is 3.84. The number of hydrogen-bond donors (Lipinski definition) is 0. The average Bonchev–Trinajstić information content (AvgIpc) is 2.83. The Hall–Kier alpha value is -2.89. The third kappa shape index (κ3) is 5.43. The molecule has 4 aromatic rings. The average molecular weight is 540 g/mol. The lowest BCUT2D eigenvalue weighted by molar-refractivity contribution is 0.0732. The molecule has 0 N–H and O–H groups in total. The second kappa shape index (κ2) is 11.0. The molecular weight excluding hydrogens is 516 g/mol. The number of ether oxygens (including phenoxy) is 1. The topological polar surface area (TPSA) is 56.5 Å². The summed E-state index contributed by atoms with van der Waals surface area (Å²) in [5, 5.41) is 1.05. The molecule has 4 nitrogen and oxygen atoms in total. The minimum Gasteiger partial charge on any atom is -0.463 e. The number of esters is 1. The molecule has 0 spiro atoms. The van der Waals surface area contributed by atoms with Crippen LogP contribution in [0.3, 0.4) is 0 Å². The summed E-state index contributed by atoms with van der Waals surface area (Å²) in [6, 6.07) is 17.6. The zero-order valence-electron chi connectivity index (χ0n) is 18.8. The number of carbonyl (C=O) groups is 1. The summed E-state index contributed by atoms with van der Waals surface area (Å²) >= 11 is 9.40. The van der Waals surface area contributed by atoms with Crippen molar-refractivity contribution in [3.05, 3.63) is 97.8 Å². The van der Waals surface area contributed by atoms with E-state index in [2.05, 4.69) is 22.9 Å². The van der Waals surface area contributed by atoms with Gasteiger partial charge in [-0.2, -0.15) is 0 Å². The molecule has 0 bridgehead atoms. The highest BCUT2D eigenvalue weighted by molar-refractivity contribution is 9.10. The Morgan fingerprint density at radius 2 is 1.79 bits per heavy atom. The molecule has 0 fully saturated rings. The van der Waals surface area contributed by atoms with Crippen LogP contribution < -0.4 is 10.2 Å². The predicted octanol–water partition coefficient (Wildman–Crippen LogP) is 8.22. The zero-order chi connectivity index (χ0) is 24.1. The van der Waals surface area contributed by atoms with Crippen LogP contribution in [0.4, 0.5) is 0 Å². The first-order valence-electron chi connectivity index (χ1n) is 11.3. The van der Waals surface area contributed by atoms with Crippen molar-refractivity contribution in [1.29, 1.82) is 0 Å². The van der Waals surface area contributed by atoms with Crippen molar-refractivity contribution >= 4 is 44.5 Å². The summed E-state index contributed by atoms with van der Waals surface area (Å²) in [4.78, 5) is 26.2. The Morgan fingerprint density at radius 1 is 1.03 bits per heavy atom.